The molecule has 0 radical (unpaired) electrons. The summed E-state index contributed by atoms with van der Waals surface area (Å²) >= 11 is 0. The molecule has 1 aromatic heterocycles. The van der Waals surface area contributed by atoms with Crippen LogP contribution in [0.2, 0.25) is 0 Å². The maximum atomic E-state index is 10.3. The molecule has 0 bridgehead atoms. The van der Waals surface area contributed by atoms with Crippen LogP contribution in [0, 0.1) is 0 Å². The molecule has 1 aliphatic rings. The van der Waals surface area contributed by atoms with Crippen LogP contribution in [0.4, 0.5) is 5.82 Å². The van der Waals surface area contributed by atoms with Gasteiger partial charge in [-0.2, -0.15) is 0 Å². The molecule has 0 amide bonds. The molecule has 100 valence electrons. The highest BCUT2D eigenvalue weighted by molar-refractivity contribution is 5.43. The summed E-state index contributed by atoms with van der Waals surface area (Å²) in [5.41, 5.74) is -1.06. The summed E-state index contributed by atoms with van der Waals surface area (Å²) < 4.78 is 0. The number of anilines is 1. The Balaban J connectivity index is 2.24. The van der Waals surface area contributed by atoms with Crippen LogP contribution in [-0.4, -0.2) is 40.6 Å². The second-order valence-corrected chi connectivity index (χ2v) is 5.51. The Morgan fingerprint density at radius 1 is 1.44 bits per heavy atom. The van der Waals surface area contributed by atoms with Crippen LogP contribution in [0.5, 0.6) is 0 Å². The van der Waals surface area contributed by atoms with Crippen LogP contribution in [0.25, 0.3) is 0 Å². The molecule has 1 aliphatic heterocycles. The molecule has 1 fully saturated rings. The Hall–Kier alpha value is -1.17. The van der Waals surface area contributed by atoms with Crippen LogP contribution in [0.1, 0.15) is 26.3 Å². The van der Waals surface area contributed by atoms with E-state index in [-0.39, 0.29) is 0 Å². The van der Waals surface area contributed by atoms with Crippen molar-refractivity contribution >= 4 is 5.82 Å². The summed E-state index contributed by atoms with van der Waals surface area (Å²) in [7, 11) is 0. The minimum absolute atomic E-state index is 0.516. The van der Waals surface area contributed by atoms with Crippen molar-refractivity contribution in [2.45, 2.75) is 32.1 Å². The number of nitrogens with zero attached hydrogens (tertiary/aromatic N) is 2. The Morgan fingerprint density at radius 3 is 2.67 bits per heavy atom. The number of pyridine rings is 1. The molecule has 5 nitrogen and oxygen atoms in total. The molecule has 5 heteroatoms. The summed E-state index contributed by atoms with van der Waals surface area (Å²) in [4.78, 5) is 6.22. The maximum Gasteiger partial charge on any atom is 0.148 e. The molecule has 2 rings (SSSR count). The summed E-state index contributed by atoms with van der Waals surface area (Å²) in [5, 5.41) is 23.3. The molecule has 0 aromatic carbocycles. The van der Waals surface area contributed by atoms with E-state index in [1.54, 1.807) is 27.0 Å². The van der Waals surface area contributed by atoms with Gasteiger partial charge >= 0.3 is 0 Å². The van der Waals surface area contributed by atoms with E-state index >= 15 is 0 Å². The number of aliphatic hydroxyl groups is 2. The number of β-amino-alcohol motifs (C(OH)–C–C–N with tert-alkyl or cyclic N) is 1. The molecular formula is C13H21N3O2. The van der Waals surface area contributed by atoms with Crippen molar-refractivity contribution in [3.05, 3.63) is 23.9 Å². The van der Waals surface area contributed by atoms with Gasteiger partial charge in [0.25, 0.3) is 0 Å². The first-order valence-electron chi connectivity index (χ1n) is 6.20. The Morgan fingerprint density at radius 2 is 2.17 bits per heavy atom. The molecule has 1 saturated heterocycles. The zero-order valence-electron chi connectivity index (χ0n) is 11.1. The zero-order valence-corrected chi connectivity index (χ0v) is 11.1. The van der Waals surface area contributed by atoms with Crippen LogP contribution < -0.4 is 10.2 Å². The van der Waals surface area contributed by atoms with E-state index in [4.69, 9.17) is 0 Å². The fraction of sp³-hybridized carbons (Fsp3) is 0.615. The monoisotopic (exact) mass is 251 g/mol. The molecular weight excluding hydrogens is 230 g/mol. The average molecular weight is 251 g/mol. The fourth-order valence-electron chi connectivity index (χ4n) is 2.12. The molecule has 0 spiro atoms. The average Bonchev–Trinajstić information content (AvgIpc) is 2.27. The number of nitrogens with one attached hydrogen (secondary N) is 1. The lowest BCUT2D eigenvalue weighted by atomic mass is 10.0. The highest BCUT2D eigenvalue weighted by Gasteiger charge is 2.32. The third-order valence-corrected chi connectivity index (χ3v) is 3.28. The molecule has 1 unspecified atom stereocenters. The van der Waals surface area contributed by atoms with Crippen molar-refractivity contribution in [3.8, 4) is 0 Å². The van der Waals surface area contributed by atoms with Crippen LogP contribution in [-0.2, 0) is 5.60 Å². The van der Waals surface area contributed by atoms with Crippen LogP contribution in [0.3, 0.4) is 0 Å². The Kier molecular flexibility index (Phi) is 3.31. The number of aromatic nitrogens is 1. The smallest absolute Gasteiger partial charge is 0.148 e. The van der Waals surface area contributed by atoms with Crippen molar-refractivity contribution in [2.75, 3.05) is 24.5 Å². The van der Waals surface area contributed by atoms with Crippen LogP contribution in [0.15, 0.2) is 18.3 Å². The van der Waals surface area contributed by atoms with Gasteiger partial charge < -0.3 is 20.4 Å². The van der Waals surface area contributed by atoms with Gasteiger partial charge in [-0.25, -0.2) is 4.98 Å². The number of piperazine rings is 1. The molecule has 1 atom stereocenters. The van der Waals surface area contributed by atoms with Gasteiger partial charge in [-0.3, -0.25) is 0 Å². The summed E-state index contributed by atoms with van der Waals surface area (Å²) in [6.07, 6.45) is 1.66. The summed E-state index contributed by atoms with van der Waals surface area (Å²) in [6.45, 7) is 7.27. The minimum atomic E-state index is -0.929. The predicted molar refractivity (Wildman–Crippen MR) is 70.3 cm³/mol. The van der Waals surface area contributed by atoms with Gasteiger partial charge in [0.1, 0.15) is 11.5 Å². The summed E-state index contributed by atoms with van der Waals surface area (Å²) in [6, 6.07) is 3.69. The molecule has 0 aliphatic carbocycles. The van der Waals surface area contributed by atoms with E-state index in [2.05, 4.69) is 10.3 Å². The van der Waals surface area contributed by atoms with Crippen molar-refractivity contribution in [1.29, 1.82) is 0 Å². The number of rotatable bonds is 2. The van der Waals surface area contributed by atoms with Crippen LogP contribution >= 0.6 is 0 Å². The quantitative estimate of drug-likeness (QED) is 0.711. The van der Waals surface area contributed by atoms with Gasteiger partial charge in [0.05, 0.1) is 5.60 Å². The lowest BCUT2D eigenvalue weighted by molar-refractivity contribution is 0.0431. The lowest BCUT2D eigenvalue weighted by Gasteiger charge is -2.42. The topological polar surface area (TPSA) is 68.6 Å². The standard InChI is InChI=1S/C13H21N3O2/c1-12(2,17)10-4-5-11(15-8-10)16-7-6-14-9-13(16,3)18/h4-5,8,14,17-18H,6-7,9H2,1-3H3. The van der Waals surface area contributed by atoms with Gasteiger partial charge in [0, 0.05) is 31.4 Å². The first-order valence-corrected chi connectivity index (χ1v) is 6.20. The third-order valence-electron chi connectivity index (χ3n) is 3.28. The Bertz CT molecular complexity index is 409. The number of hydrogen-bond acceptors (Lipinski definition) is 5. The summed E-state index contributed by atoms with van der Waals surface area (Å²) in [5.74, 6) is 0.731. The first kappa shape index (κ1) is 13.3. The van der Waals surface area contributed by atoms with Gasteiger partial charge in [0.15, 0.2) is 0 Å². The first-order chi connectivity index (χ1) is 8.31. The largest absolute Gasteiger partial charge is 0.386 e. The predicted octanol–water partition coefficient (Wildman–Crippen LogP) is 0.427. The molecule has 18 heavy (non-hydrogen) atoms. The van der Waals surface area contributed by atoms with Gasteiger partial charge in [-0.05, 0) is 26.8 Å². The van der Waals surface area contributed by atoms with E-state index in [0.29, 0.717) is 13.1 Å². The van der Waals surface area contributed by atoms with E-state index in [1.807, 2.05) is 17.0 Å². The molecule has 2 heterocycles. The van der Waals surface area contributed by atoms with Crippen molar-refractivity contribution in [1.82, 2.24) is 10.3 Å². The highest BCUT2D eigenvalue weighted by atomic mass is 16.3. The second kappa shape index (κ2) is 4.50. The fourth-order valence-corrected chi connectivity index (χ4v) is 2.12. The van der Waals surface area contributed by atoms with Gasteiger partial charge in [-0.1, -0.05) is 6.07 Å². The molecule has 0 saturated carbocycles. The SMILES string of the molecule is CC(C)(O)c1ccc(N2CCNCC2(C)O)nc1. The lowest BCUT2D eigenvalue weighted by Crippen LogP contribution is -2.60. The normalized spacial score (nSPS) is 25.3. The molecule has 3 N–H and O–H groups in total. The van der Waals surface area contributed by atoms with E-state index in [9.17, 15) is 10.2 Å². The van der Waals surface area contributed by atoms with Gasteiger partial charge in [0.2, 0.25) is 0 Å². The van der Waals surface area contributed by atoms with Crippen molar-refractivity contribution in [2.24, 2.45) is 0 Å². The number of hydrogen-bond donors (Lipinski definition) is 3. The van der Waals surface area contributed by atoms with Crippen molar-refractivity contribution in [3.63, 3.8) is 0 Å². The van der Waals surface area contributed by atoms with E-state index in [1.165, 1.54) is 0 Å². The zero-order chi connectivity index (χ0) is 13.4. The minimum Gasteiger partial charge on any atom is -0.386 e. The third kappa shape index (κ3) is 2.63. The highest BCUT2D eigenvalue weighted by Crippen LogP contribution is 2.24. The van der Waals surface area contributed by atoms with E-state index < -0.39 is 11.3 Å². The van der Waals surface area contributed by atoms with Gasteiger partial charge in [-0.15, -0.1) is 0 Å². The van der Waals surface area contributed by atoms with Crippen molar-refractivity contribution < 1.29 is 10.2 Å². The Labute approximate surface area is 107 Å². The second-order valence-electron chi connectivity index (χ2n) is 5.51. The maximum absolute atomic E-state index is 10.3. The molecule has 1 aromatic rings. The van der Waals surface area contributed by atoms with E-state index in [0.717, 1.165) is 17.9 Å².